The smallest absolute Gasteiger partial charge is 0.323 e. The van der Waals surface area contributed by atoms with Gasteiger partial charge in [0.15, 0.2) is 11.5 Å². The van der Waals surface area contributed by atoms with Crippen molar-refractivity contribution in [3.8, 4) is 22.8 Å². The number of carbonyl (C=O) groups excluding carboxylic acids is 1. The summed E-state index contributed by atoms with van der Waals surface area (Å²) in [7, 11) is 0. The molecule has 0 spiro atoms. The molecule has 1 aliphatic heterocycles. The number of aromatic amines is 1. The zero-order valence-corrected chi connectivity index (χ0v) is 15.9. The molecule has 0 atom stereocenters. The van der Waals surface area contributed by atoms with Crippen molar-refractivity contribution in [2.45, 2.75) is 0 Å². The predicted molar refractivity (Wildman–Crippen MR) is 114 cm³/mol. The molecule has 7 heteroatoms. The van der Waals surface area contributed by atoms with E-state index in [1.54, 1.807) is 30.3 Å². The lowest BCUT2D eigenvalue weighted by molar-refractivity contribution is 0.171. The SMILES string of the molecule is O=C(Nc1cccc(-c2cc3cc(F)ccc3[nH]2)c1)Nc1ccc2c(c1)OCCO2. The Hall–Kier alpha value is -4.00. The molecule has 4 aromatic rings. The first-order chi connectivity index (χ1) is 14.6. The molecule has 1 aromatic heterocycles. The van der Waals surface area contributed by atoms with Gasteiger partial charge in [-0.1, -0.05) is 12.1 Å². The Morgan fingerprint density at radius 1 is 0.867 bits per heavy atom. The van der Waals surface area contributed by atoms with E-state index >= 15 is 0 Å². The van der Waals surface area contributed by atoms with Crippen molar-refractivity contribution in [1.82, 2.24) is 4.98 Å². The van der Waals surface area contributed by atoms with Crippen LogP contribution < -0.4 is 20.1 Å². The molecule has 1 aliphatic rings. The number of H-pyrrole nitrogens is 1. The van der Waals surface area contributed by atoms with E-state index < -0.39 is 0 Å². The van der Waals surface area contributed by atoms with Gasteiger partial charge in [-0.3, -0.25) is 0 Å². The minimum absolute atomic E-state index is 0.278. The van der Waals surface area contributed by atoms with Gasteiger partial charge in [-0.05, 0) is 48.5 Å². The van der Waals surface area contributed by atoms with Crippen molar-refractivity contribution in [3.63, 3.8) is 0 Å². The molecule has 2 heterocycles. The van der Waals surface area contributed by atoms with Crippen molar-refractivity contribution in [3.05, 3.63) is 72.5 Å². The van der Waals surface area contributed by atoms with Crippen LogP contribution in [0.1, 0.15) is 0 Å². The molecule has 0 aliphatic carbocycles. The van der Waals surface area contributed by atoms with Gasteiger partial charge in [-0.15, -0.1) is 0 Å². The number of amides is 2. The maximum atomic E-state index is 13.4. The summed E-state index contributed by atoms with van der Waals surface area (Å²) in [5, 5.41) is 6.41. The van der Waals surface area contributed by atoms with E-state index in [0.29, 0.717) is 36.1 Å². The Labute approximate surface area is 171 Å². The molecule has 150 valence electrons. The summed E-state index contributed by atoms with van der Waals surface area (Å²) in [6.07, 6.45) is 0. The lowest BCUT2D eigenvalue weighted by Gasteiger charge is -2.19. The fraction of sp³-hybridized carbons (Fsp3) is 0.0870. The minimum atomic E-state index is -0.373. The first-order valence-corrected chi connectivity index (χ1v) is 9.50. The van der Waals surface area contributed by atoms with Gasteiger partial charge in [0, 0.05) is 39.6 Å². The summed E-state index contributed by atoms with van der Waals surface area (Å²) in [6.45, 7) is 0.998. The Morgan fingerprint density at radius 3 is 2.53 bits per heavy atom. The molecule has 2 amide bonds. The lowest BCUT2D eigenvalue weighted by Crippen LogP contribution is -2.20. The number of carbonyl (C=O) groups is 1. The number of ether oxygens (including phenoxy) is 2. The molecule has 5 rings (SSSR count). The van der Waals surface area contributed by atoms with Crippen molar-refractivity contribution >= 4 is 28.3 Å². The number of aromatic nitrogens is 1. The fourth-order valence-corrected chi connectivity index (χ4v) is 3.44. The van der Waals surface area contributed by atoms with Crippen LogP contribution in [-0.4, -0.2) is 24.2 Å². The lowest BCUT2D eigenvalue weighted by atomic mass is 10.1. The van der Waals surface area contributed by atoms with E-state index in [2.05, 4.69) is 15.6 Å². The molecule has 0 unspecified atom stereocenters. The van der Waals surface area contributed by atoms with Crippen LogP contribution in [0.5, 0.6) is 11.5 Å². The normalized spacial score (nSPS) is 12.6. The van der Waals surface area contributed by atoms with Gasteiger partial charge in [0.1, 0.15) is 19.0 Å². The van der Waals surface area contributed by atoms with Crippen LogP contribution in [0.15, 0.2) is 66.7 Å². The largest absolute Gasteiger partial charge is 0.486 e. The summed E-state index contributed by atoms with van der Waals surface area (Å²) in [5.41, 5.74) is 3.80. The highest BCUT2D eigenvalue weighted by atomic mass is 19.1. The number of benzene rings is 3. The highest BCUT2D eigenvalue weighted by Crippen LogP contribution is 2.32. The van der Waals surface area contributed by atoms with E-state index in [-0.39, 0.29) is 11.8 Å². The molecule has 3 N–H and O–H groups in total. The third kappa shape index (κ3) is 3.65. The van der Waals surface area contributed by atoms with Gasteiger partial charge in [-0.2, -0.15) is 0 Å². The summed E-state index contributed by atoms with van der Waals surface area (Å²) in [5.74, 6) is 0.994. The predicted octanol–water partition coefficient (Wildman–Crippen LogP) is 5.39. The number of hydrogen-bond acceptors (Lipinski definition) is 3. The van der Waals surface area contributed by atoms with Crippen LogP contribution in [0, 0.1) is 5.82 Å². The molecule has 0 bridgehead atoms. The van der Waals surface area contributed by atoms with Gasteiger partial charge < -0.3 is 25.1 Å². The molecule has 0 saturated carbocycles. The Kier molecular flexibility index (Phi) is 4.48. The van der Waals surface area contributed by atoms with Crippen LogP contribution in [0.4, 0.5) is 20.6 Å². The zero-order chi connectivity index (χ0) is 20.5. The molecule has 30 heavy (non-hydrogen) atoms. The first-order valence-electron chi connectivity index (χ1n) is 9.50. The third-order valence-corrected chi connectivity index (χ3v) is 4.81. The van der Waals surface area contributed by atoms with Crippen LogP contribution in [0.25, 0.3) is 22.2 Å². The second-order valence-corrected chi connectivity index (χ2v) is 6.93. The molecule has 6 nitrogen and oxygen atoms in total. The number of rotatable bonds is 3. The van der Waals surface area contributed by atoms with E-state index in [0.717, 1.165) is 22.2 Å². The van der Waals surface area contributed by atoms with Crippen molar-refractivity contribution in [2.24, 2.45) is 0 Å². The number of fused-ring (bicyclic) bond motifs is 2. The maximum absolute atomic E-state index is 13.4. The Bertz CT molecular complexity index is 1250. The molecular weight excluding hydrogens is 385 g/mol. The summed E-state index contributed by atoms with van der Waals surface area (Å²) in [6, 6.07) is 18.8. The quantitative estimate of drug-likeness (QED) is 0.429. The zero-order valence-electron chi connectivity index (χ0n) is 15.9. The number of urea groups is 1. The van der Waals surface area contributed by atoms with Gasteiger partial charge >= 0.3 is 6.03 Å². The topological polar surface area (TPSA) is 75.4 Å². The van der Waals surface area contributed by atoms with E-state index in [4.69, 9.17) is 9.47 Å². The van der Waals surface area contributed by atoms with Crippen LogP contribution in [0.2, 0.25) is 0 Å². The monoisotopic (exact) mass is 403 g/mol. The van der Waals surface area contributed by atoms with E-state index in [1.807, 2.05) is 24.3 Å². The number of anilines is 2. The van der Waals surface area contributed by atoms with Crippen LogP contribution in [-0.2, 0) is 0 Å². The van der Waals surface area contributed by atoms with Gasteiger partial charge in [0.05, 0.1) is 0 Å². The minimum Gasteiger partial charge on any atom is -0.486 e. The van der Waals surface area contributed by atoms with Crippen LogP contribution >= 0.6 is 0 Å². The highest BCUT2D eigenvalue weighted by Gasteiger charge is 2.13. The van der Waals surface area contributed by atoms with Crippen LogP contribution in [0.3, 0.4) is 0 Å². The molecule has 3 aromatic carbocycles. The van der Waals surface area contributed by atoms with Crippen molar-refractivity contribution in [1.29, 1.82) is 0 Å². The summed E-state index contributed by atoms with van der Waals surface area (Å²) < 4.78 is 24.5. The molecule has 0 saturated heterocycles. The number of nitrogens with one attached hydrogen (secondary N) is 3. The van der Waals surface area contributed by atoms with Gasteiger partial charge in [0.2, 0.25) is 0 Å². The molecule has 0 radical (unpaired) electrons. The molecular formula is C23H18FN3O3. The van der Waals surface area contributed by atoms with Gasteiger partial charge in [-0.25, -0.2) is 9.18 Å². The maximum Gasteiger partial charge on any atom is 0.323 e. The summed E-state index contributed by atoms with van der Waals surface area (Å²) >= 11 is 0. The van der Waals surface area contributed by atoms with Crippen molar-refractivity contribution < 1.29 is 18.7 Å². The average molecular weight is 403 g/mol. The van der Waals surface area contributed by atoms with E-state index in [1.165, 1.54) is 12.1 Å². The second kappa shape index (κ2) is 7.44. The van der Waals surface area contributed by atoms with Crippen molar-refractivity contribution in [2.75, 3.05) is 23.8 Å². The number of hydrogen-bond donors (Lipinski definition) is 3. The van der Waals surface area contributed by atoms with E-state index in [9.17, 15) is 9.18 Å². The first kappa shape index (κ1) is 18.1. The second-order valence-electron chi connectivity index (χ2n) is 6.93. The average Bonchev–Trinajstić information content (AvgIpc) is 3.17. The Morgan fingerprint density at radius 2 is 1.67 bits per heavy atom. The third-order valence-electron chi connectivity index (χ3n) is 4.81. The van der Waals surface area contributed by atoms with Gasteiger partial charge in [0.25, 0.3) is 0 Å². The molecule has 0 fully saturated rings. The number of halogens is 1. The highest BCUT2D eigenvalue weighted by molar-refractivity contribution is 6.00. The standard InChI is InChI=1S/C23H18FN3O3/c24-16-4-6-19-15(10-16)12-20(27-19)14-2-1-3-17(11-14)25-23(28)26-18-5-7-21-22(13-18)30-9-8-29-21/h1-7,10-13,27H,8-9H2,(H2,25,26,28). The Balaban J connectivity index is 1.32. The fourth-order valence-electron chi connectivity index (χ4n) is 3.44. The summed E-state index contributed by atoms with van der Waals surface area (Å²) in [4.78, 5) is 15.7.